The van der Waals surface area contributed by atoms with Crippen LogP contribution in [-0.4, -0.2) is 29.9 Å². The van der Waals surface area contributed by atoms with Gasteiger partial charge in [-0.25, -0.2) is 4.79 Å². The first kappa shape index (κ1) is 14.6. The van der Waals surface area contributed by atoms with Crippen LogP contribution in [0.2, 0.25) is 0 Å². The predicted molar refractivity (Wildman–Crippen MR) is 82.4 cm³/mol. The number of rotatable bonds is 3. The molecular weight excluding hydrogens is 252 g/mol. The van der Waals surface area contributed by atoms with E-state index in [1.54, 1.807) is 12.1 Å². The number of carboxylic acids is 1. The molecule has 1 aliphatic heterocycles. The highest BCUT2D eigenvalue weighted by Crippen LogP contribution is 2.37. The molecule has 4 nitrogen and oxygen atoms in total. The minimum Gasteiger partial charge on any atom is -0.478 e. The van der Waals surface area contributed by atoms with Gasteiger partial charge in [-0.3, -0.25) is 4.99 Å². The molecule has 0 spiro atoms. The van der Waals surface area contributed by atoms with Gasteiger partial charge in [0.2, 0.25) is 0 Å². The van der Waals surface area contributed by atoms with Crippen LogP contribution in [0.5, 0.6) is 0 Å². The molecule has 108 valence electrons. The molecule has 1 heterocycles. The molecule has 0 aromatic heterocycles. The molecule has 4 heteroatoms. The predicted octanol–water partition coefficient (Wildman–Crippen LogP) is 3.59. The van der Waals surface area contributed by atoms with Crippen molar-refractivity contribution >= 4 is 23.1 Å². The molecule has 0 amide bonds. The molecule has 0 saturated carbocycles. The summed E-state index contributed by atoms with van der Waals surface area (Å²) in [5.74, 6) is -0.123. The molecule has 1 aromatic rings. The van der Waals surface area contributed by atoms with Crippen LogP contribution in [0.25, 0.3) is 0 Å². The Labute approximate surface area is 120 Å². The Morgan fingerprint density at radius 1 is 1.30 bits per heavy atom. The summed E-state index contributed by atoms with van der Waals surface area (Å²) in [6, 6.07) is 5.42. The van der Waals surface area contributed by atoms with Crippen LogP contribution in [0.15, 0.2) is 23.2 Å². The number of nitrogens with zero attached hydrogens (tertiary/aromatic N) is 2. The zero-order valence-electron chi connectivity index (χ0n) is 12.7. The lowest BCUT2D eigenvalue weighted by molar-refractivity contribution is 0.0697. The highest BCUT2D eigenvalue weighted by atomic mass is 16.4. The van der Waals surface area contributed by atoms with E-state index in [0.717, 1.165) is 17.1 Å². The summed E-state index contributed by atoms with van der Waals surface area (Å²) in [6.07, 6.45) is 0. The Balaban J connectivity index is 2.57. The lowest BCUT2D eigenvalue weighted by Gasteiger charge is -2.39. The Hall–Kier alpha value is -1.84. The van der Waals surface area contributed by atoms with Gasteiger partial charge in [0, 0.05) is 12.8 Å². The second-order valence-corrected chi connectivity index (χ2v) is 6.00. The van der Waals surface area contributed by atoms with E-state index in [1.807, 2.05) is 6.07 Å². The molecule has 20 heavy (non-hydrogen) atoms. The Morgan fingerprint density at radius 2 is 1.95 bits per heavy atom. The maximum absolute atomic E-state index is 11.1. The zero-order chi connectivity index (χ0) is 15.0. The van der Waals surface area contributed by atoms with Crippen LogP contribution in [0, 0.1) is 11.8 Å². The van der Waals surface area contributed by atoms with Crippen LogP contribution >= 0.6 is 0 Å². The summed E-state index contributed by atoms with van der Waals surface area (Å²) < 4.78 is 0. The second kappa shape index (κ2) is 5.27. The molecule has 2 rings (SSSR count). The number of benzene rings is 1. The average Bonchev–Trinajstić information content (AvgIpc) is 2.37. The normalized spacial score (nSPS) is 18.2. The van der Waals surface area contributed by atoms with Gasteiger partial charge in [-0.05, 0) is 30.0 Å². The van der Waals surface area contributed by atoms with Gasteiger partial charge in [0.25, 0.3) is 0 Å². The summed E-state index contributed by atoms with van der Waals surface area (Å²) in [5, 5.41) is 9.11. The molecule has 0 saturated heterocycles. The van der Waals surface area contributed by atoms with Crippen LogP contribution in [0.1, 0.15) is 38.1 Å². The minimum atomic E-state index is -0.914. The van der Waals surface area contributed by atoms with Gasteiger partial charge in [-0.2, -0.15) is 0 Å². The first-order valence-corrected chi connectivity index (χ1v) is 7.01. The van der Waals surface area contributed by atoms with Crippen LogP contribution in [0.3, 0.4) is 0 Å². The van der Waals surface area contributed by atoms with Gasteiger partial charge in [-0.1, -0.05) is 27.7 Å². The van der Waals surface area contributed by atoms with E-state index in [1.165, 1.54) is 0 Å². The molecule has 0 radical (unpaired) electrons. The van der Waals surface area contributed by atoms with E-state index >= 15 is 0 Å². The number of fused-ring (bicyclic) bond motifs is 1. The van der Waals surface area contributed by atoms with Crippen LogP contribution in [-0.2, 0) is 0 Å². The Bertz CT molecular complexity index is 562. The number of aliphatic imine (C=N–C) groups is 1. The van der Waals surface area contributed by atoms with Crippen molar-refractivity contribution in [1.82, 2.24) is 0 Å². The smallest absolute Gasteiger partial charge is 0.335 e. The lowest BCUT2D eigenvalue weighted by atomic mass is 9.88. The molecule has 1 atom stereocenters. The van der Waals surface area contributed by atoms with Crippen molar-refractivity contribution in [1.29, 1.82) is 0 Å². The number of carbonyl (C=O) groups is 1. The van der Waals surface area contributed by atoms with Gasteiger partial charge in [0.15, 0.2) is 0 Å². The van der Waals surface area contributed by atoms with Crippen molar-refractivity contribution in [2.45, 2.75) is 33.7 Å². The van der Waals surface area contributed by atoms with Gasteiger partial charge < -0.3 is 10.0 Å². The quantitative estimate of drug-likeness (QED) is 0.916. The summed E-state index contributed by atoms with van der Waals surface area (Å²) in [4.78, 5) is 18.1. The van der Waals surface area contributed by atoms with Gasteiger partial charge in [0.05, 0.1) is 23.0 Å². The van der Waals surface area contributed by atoms with E-state index in [-0.39, 0.29) is 11.6 Å². The van der Waals surface area contributed by atoms with Crippen molar-refractivity contribution < 1.29 is 9.90 Å². The van der Waals surface area contributed by atoms with E-state index in [4.69, 9.17) is 10.1 Å². The maximum Gasteiger partial charge on any atom is 0.335 e. The standard InChI is InChI=1S/C16H22N2O2/c1-9(2)14-15(10(3)4)18(5)13-7-6-11(16(19)20)8-12(13)17-14/h6-10,15H,1-5H3,(H,19,20). The second-order valence-electron chi connectivity index (χ2n) is 6.00. The SMILES string of the molecule is CC(C)C1=Nc2cc(C(=O)O)ccc2N(C)C1C(C)C. The van der Waals surface area contributed by atoms with E-state index in [0.29, 0.717) is 11.8 Å². The summed E-state index contributed by atoms with van der Waals surface area (Å²) in [7, 11) is 2.06. The van der Waals surface area contributed by atoms with E-state index < -0.39 is 5.97 Å². The lowest BCUT2D eigenvalue weighted by Crippen LogP contribution is -2.46. The van der Waals surface area contributed by atoms with E-state index in [9.17, 15) is 4.79 Å². The van der Waals surface area contributed by atoms with Gasteiger partial charge in [0.1, 0.15) is 0 Å². The molecule has 1 aliphatic rings. The van der Waals surface area contributed by atoms with Crippen molar-refractivity contribution in [3.05, 3.63) is 23.8 Å². The van der Waals surface area contributed by atoms with Gasteiger partial charge >= 0.3 is 5.97 Å². The summed E-state index contributed by atoms with van der Waals surface area (Å²) in [6.45, 7) is 8.65. The van der Waals surface area contributed by atoms with Crippen molar-refractivity contribution in [2.24, 2.45) is 16.8 Å². The molecule has 1 aromatic carbocycles. The van der Waals surface area contributed by atoms with Crippen molar-refractivity contribution in [2.75, 3.05) is 11.9 Å². The first-order valence-electron chi connectivity index (χ1n) is 7.01. The van der Waals surface area contributed by atoms with Crippen molar-refractivity contribution in [3.8, 4) is 0 Å². The fourth-order valence-corrected chi connectivity index (χ4v) is 2.86. The first-order chi connectivity index (χ1) is 9.32. The molecule has 0 fully saturated rings. The highest BCUT2D eigenvalue weighted by molar-refractivity contribution is 6.01. The van der Waals surface area contributed by atoms with E-state index in [2.05, 4.69) is 39.6 Å². The third kappa shape index (κ3) is 2.42. The number of aromatic carboxylic acids is 1. The number of hydrogen-bond acceptors (Lipinski definition) is 3. The van der Waals surface area contributed by atoms with Crippen LogP contribution < -0.4 is 4.90 Å². The maximum atomic E-state index is 11.1. The number of anilines is 1. The topological polar surface area (TPSA) is 52.9 Å². The number of hydrogen-bond donors (Lipinski definition) is 1. The fraction of sp³-hybridized carbons (Fsp3) is 0.500. The summed E-state index contributed by atoms with van der Waals surface area (Å²) in [5.41, 5.74) is 3.16. The van der Waals surface area contributed by atoms with Gasteiger partial charge in [-0.15, -0.1) is 0 Å². The third-order valence-electron chi connectivity index (χ3n) is 3.80. The Kier molecular flexibility index (Phi) is 3.84. The monoisotopic (exact) mass is 274 g/mol. The van der Waals surface area contributed by atoms with Crippen LogP contribution in [0.4, 0.5) is 11.4 Å². The highest BCUT2D eigenvalue weighted by Gasteiger charge is 2.31. The molecule has 1 N–H and O–H groups in total. The minimum absolute atomic E-state index is 0.262. The fourth-order valence-electron chi connectivity index (χ4n) is 2.86. The largest absolute Gasteiger partial charge is 0.478 e. The molecule has 1 unspecified atom stereocenters. The molecule has 0 aliphatic carbocycles. The Morgan fingerprint density at radius 3 is 2.45 bits per heavy atom. The molecular formula is C16H22N2O2. The van der Waals surface area contributed by atoms with Crippen molar-refractivity contribution in [3.63, 3.8) is 0 Å². The molecule has 0 bridgehead atoms. The zero-order valence-corrected chi connectivity index (χ0v) is 12.7. The summed E-state index contributed by atoms with van der Waals surface area (Å²) >= 11 is 0. The number of carboxylic acid groups (broad SMARTS) is 1. The third-order valence-corrected chi connectivity index (χ3v) is 3.80. The average molecular weight is 274 g/mol.